The maximum absolute atomic E-state index is 12.3. The fourth-order valence-corrected chi connectivity index (χ4v) is 2.33. The number of hydrogen-bond donors (Lipinski definition) is 1. The zero-order valence-electron chi connectivity index (χ0n) is 11.0. The van der Waals surface area contributed by atoms with Gasteiger partial charge < -0.3 is 10.0 Å². The molecule has 1 aliphatic rings. The minimum atomic E-state index is -1.03. The van der Waals surface area contributed by atoms with Crippen LogP contribution in [0.3, 0.4) is 0 Å². The summed E-state index contributed by atoms with van der Waals surface area (Å²) < 4.78 is 0. The molecule has 1 aliphatic heterocycles. The van der Waals surface area contributed by atoms with Crippen molar-refractivity contribution in [2.24, 2.45) is 0 Å². The van der Waals surface area contributed by atoms with Crippen molar-refractivity contribution in [3.63, 3.8) is 0 Å². The Bertz CT molecular complexity index is 508. The third kappa shape index (κ3) is 2.98. The number of hydrogen-bond acceptors (Lipinski definition) is 4. The Balaban J connectivity index is 2.21. The number of carbonyl (C=O) groups excluding carboxylic acids is 1. The van der Waals surface area contributed by atoms with Crippen LogP contribution < -0.4 is 4.90 Å². The molecule has 7 nitrogen and oxygen atoms in total. The van der Waals surface area contributed by atoms with E-state index in [0.717, 1.165) is 12.8 Å². The second-order valence-electron chi connectivity index (χ2n) is 4.56. The first-order valence-corrected chi connectivity index (χ1v) is 6.68. The standard InChI is InChI=1S/C12H15ClN4O3/c1-2-3-9-6-17(11-14-4-8(13)5-15-11)12(20)16(9)7-10(18)19/h4-5,9H,2-3,6-7H2,1H3,(H,18,19)/t9-/m0/s1. The van der Waals surface area contributed by atoms with Crippen LogP contribution in [0.4, 0.5) is 10.7 Å². The topological polar surface area (TPSA) is 86.6 Å². The Kier molecular flexibility index (Phi) is 4.39. The Morgan fingerprint density at radius 1 is 1.50 bits per heavy atom. The maximum Gasteiger partial charge on any atom is 0.327 e. The third-order valence-electron chi connectivity index (χ3n) is 3.09. The van der Waals surface area contributed by atoms with Gasteiger partial charge in [0.05, 0.1) is 30.0 Å². The van der Waals surface area contributed by atoms with E-state index in [-0.39, 0.29) is 24.6 Å². The van der Waals surface area contributed by atoms with E-state index in [1.807, 2.05) is 6.92 Å². The number of amides is 2. The number of nitrogens with zero attached hydrogens (tertiary/aromatic N) is 4. The minimum Gasteiger partial charge on any atom is -0.480 e. The molecule has 1 atom stereocenters. The van der Waals surface area contributed by atoms with Crippen LogP contribution in [0, 0.1) is 0 Å². The molecule has 108 valence electrons. The van der Waals surface area contributed by atoms with Crippen molar-refractivity contribution < 1.29 is 14.7 Å². The number of halogens is 1. The van der Waals surface area contributed by atoms with Gasteiger partial charge in [0.25, 0.3) is 0 Å². The van der Waals surface area contributed by atoms with Gasteiger partial charge in [0, 0.05) is 0 Å². The van der Waals surface area contributed by atoms with Crippen molar-refractivity contribution in [3.05, 3.63) is 17.4 Å². The molecule has 8 heteroatoms. The van der Waals surface area contributed by atoms with Gasteiger partial charge in [0.2, 0.25) is 5.95 Å². The molecule has 1 aromatic heterocycles. The summed E-state index contributed by atoms with van der Waals surface area (Å²) in [7, 11) is 0. The lowest BCUT2D eigenvalue weighted by Crippen LogP contribution is -2.39. The molecular weight excluding hydrogens is 284 g/mol. The van der Waals surface area contributed by atoms with Gasteiger partial charge in [0.1, 0.15) is 6.54 Å². The van der Waals surface area contributed by atoms with Crippen LogP contribution in [-0.4, -0.2) is 51.1 Å². The van der Waals surface area contributed by atoms with Crippen LogP contribution >= 0.6 is 11.6 Å². The fourth-order valence-electron chi connectivity index (χ4n) is 2.23. The highest BCUT2D eigenvalue weighted by molar-refractivity contribution is 6.30. The van der Waals surface area contributed by atoms with E-state index < -0.39 is 5.97 Å². The van der Waals surface area contributed by atoms with E-state index in [4.69, 9.17) is 16.7 Å². The van der Waals surface area contributed by atoms with Gasteiger partial charge in [-0.05, 0) is 6.42 Å². The Morgan fingerprint density at radius 2 is 2.15 bits per heavy atom. The van der Waals surface area contributed by atoms with Gasteiger partial charge in [-0.3, -0.25) is 9.69 Å². The van der Waals surface area contributed by atoms with Crippen LogP contribution in [0.25, 0.3) is 0 Å². The van der Waals surface area contributed by atoms with Crippen LogP contribution in [0.2, 0.25) is 5.02 Å². The van der Waals surface area contributed by atoms with Gasteiger partial charge in [-0.15, -0.1) is 0 Å². The summed E-state index contributed by atoms with van der Waals surface area (Å²) in [5.74, 6) is -0.785. The number of rotatable bonds is 5. The molecule has 2 heterocycles. The predicted molar refractivity (Wildman–Crippen MR) is 72.8 cm³/mol. The molecule has 1 aromatic rings. The second-order valence-corrected chi connectivity index (χ2v) is 5.00. The number of urea groups is 1. The molecular formula is C12H15ClN4O3. The number of aromatic nitrogens is 2. The monoisotopic (exact) mass is 298 g/mol. The number of carbonyl (C=O) groups is 2. The number of carboxylic acid groups (broad SMARTS) is 1. The lowest BCUT2D eigenvalue weighted by Gasteiger charge is -2.20. The van der Waals surface area contributed by atoms with Crippen molar-refractivity contribution >= 4 is 29.5 Å². The lowest BCUT2D eigenvalue weighted by molar-refractivity contribution is -0.137. The summed E-state index contributed by atoms with van der Waals surface area (Å²) in [5, 5.41) is 9.29. The normalized spacial score (nSPS) is 18.7. The highest BCUT2D eigenvalue weighted by atomic mass is 35.5. The smallest absolute Gasteiger partial charge is 0.327 e. The molecule has 0 aromatic carbocycles. The fraction of sp³-hybridized carbons (Fsp3) is 0.500. The molecule has 1 fully saturated rings. The second kappa shape index (κ2) is 6.04. The van der Waals surface area contributed by atoms with Crippen molar-refractivity contribution in [3.8, 4) is 0 Å². The quantitative estimate of drug-likeness (QED) is 0.892. The molecule has 0 bridgehead atoms. The number of anilines is 1. The van der Waals surface area contributed by atoms with E-state index in [9.17, 15) is 9.59 Å². The Morgan fingerprint density at radius 3 is 2.70 bits per heavy atom. The van der Waals surface area contributed by atoms with Gasteiger partial charge in [-0.1, -0.05) is 24.9 Å². The molecule has 1 saturated heterocycles. The average molecular weight is 299 g/mol. The van der Waals surface area contributed by atoms with Gasteiger partial charge in [0.15, 0.2) is 0 Å². The zero-order chi connectivity index (χ0) is 14.7. The predicted octanol–water partition coefficient (Wildman–Crippen LogP) is 1.63. The molecule has 0 spiro atoms. The van der Waals surface area contributed by atoms with Gasteiger partial charge in [-0.25, -0.2) is 14.8 Å². The molecule has 0 unspecified atom stereocenters. The highest BCUT2D eigenvalue weighted by Crippen LogP contribution is 2.23. The molecule has 0 aliphatic carbocycles. The van der Waals surface area contributed by atoms with E-state index in [1.165, 1.54) is 22.2 Å². The first kappa shape index (κ1) is 14.5. The van der Waals surface area contributed by atoms with Gasteiger partial charge in [-0.2, -0.15) is 0 Å². The molecule has 2 rings (SSSR count). The summed E-state index contributed by atoms with van der Waals surface area (Å²) in [4.78, 5) is 33.9. The molecule has 2 amide bonds. The molecule has 1 N–H and O–H groups in total. The van der Waals surface area contributed by atoms with Crippen LogP contribution in [-0.2, 0) is 4.79 Å². The van der Waals surface area contributed by atoms with Crippen LogP contribution in [0.15, 0.2) is 12.4 Å². The summed E-state index contributed by atoms with van der Waals surface area (Å²) >= 11 is 5.71. The summed E-state index contributed by atoms with van der Waals surface area (Å²) in [6, 6.07) is -0.518. The van der Waals surface area contributed by atoms with E-state index in [0.29, 0.717) is 11.6 Å². The summed E-state index contributed by atoms with van der Waals surface area (Å²) in [5.41, 5.74) is 0. The number of carboxylic acids is 1. The summed E-state index contributed by atoms with van der Waals surface area (Å²) in [6.45, 7) is 2.07. The zero-order valence-corrected chi connectivity index (χ0v) is 11.7. The molecule has 0 radical (unpaired) electrons. The Hall–Kier alpha value is -1.89. The first-order valence-electron chi connectivity index (χ1n) is 6.30. The minimum absolute atomic E-state index is 0.136. The van der Waals surface area contributed by atoms with Crippen molar-refractivity contribution in [1.82, 2.24) is 14.9 Å². The largest absolute Gasteiger partial charge is 0.480 e. The molecule has 20 heavy (non-hydrogen) atoms. The third-order valence-corrected chi connectivity index (χ3v) is 3.28. The first-order chi connectivity index (χ1) is 9.52. The van der Waals surface area contributed by atoms with E-state index in [2.05, 4.69) is 9.97 Å². The average Bonchev–Trinajstić information content (AvgIpc) is 2.69. The van der Waals surface area contributed by atoms with Crippen molar-refractivity contribution in [2.75, 3.05) is 18.0 Å². The maximum atomic E-state index is 12.3. The lowest BCUT2D eigenvalue weighted by atomic mass is 10.1. The van der Waals surface area contributed by atoms with E-state index >= 15 is 0 Å². The van der Waals surface area contributed by atoms with Crippen LogP contribution in [0.1, 0.15) is 19.8 Å². The summed E-state index contributed by atoms with van der Waals surface area (Å²) in [6.07, 6.45) is 4.42. The van der Waals surface area contributed by atoms with Crippen molar-refractivity contribution in [1.29, 1.82) is 0 Å². The number of aliphatic carboxylic acids is 1. The SMILES string of the molecule is CCC[C@H]1CN(c2ncc(Cl)cn2)C(=O)N1CC(=O)O. The van der Waals surface area contributed by atoms with E-state index in [1.54, 1.807) is 0 Å². The van der Waals surface area contributed by atoms with Crippen LogP contribution in [0.5, 0.6) is 0 Å². The van der Waals surface area contributed by atoms with Gasteiger partial charge >= 0.3 is 12.0 Å². The highest BCUT2D eigenvalue weighted by Gasteiger charge is 2.39. The van der Waals surface area contributed by atoms with Crippen molar-refractivity contribution in [2.45, 2.75) is 25.8 Å². The Labute approximate surface area is 121 Å². The molecule has 0 saturated carbocycles.